The van der Waals surface area contributed by atoms with Gasteiger partial charge in [-0.25, -0.2) is 4.79 Å². The highest BCUT2D eigenvalue weighted by Crippen LogP contribution is 2.27. The molecule has 1 aliphatic rings. The smallest absolute Gasteiger partial charge is 0.351 e. The van der Waals surface area contributed by atoms with Crippen molar-refractivity contribution in [2.24, 2.45) is 0 Å². The Morgan fingerprint density at radius 2 is 2.00 bits per heavy atom. The molecule has 1 saturated heterocycles. The molecule has 0 unspecified atom stereocenters. The first-order valence-corrected chi connectivity index (χ1v) is 8.99. The number of nitrogens with one attached hydrogen (secondary N) is 1. The van der Waals surface area contributed by atoms with Crippen LogP contribution in [0.3, 0.4) is 0 Å². The quantitative estimate of drug-likeness (QED) is 0.399. The van der Waals surface area contributed by atoms with Crippen molar-refractivity contribution in [2.75, 3.05) is 58.6 Å². The number of hydrogen-bond donors (Lipinski definition) is 3. The third-order valence-electron chi connectivity index (χ3n) is 4.17. The van der Waals surface area contributed by atoms with E-state index in [-0.39, 0.29) is 13.0 Å². The highest BCUT2D eigenvalue weighted by Gasteiger charge is 2.35. The Kier molecular flexibility index (Phi) is 9.11. The summed E-state index contributed by atoms with van der Waals surface area (Å²) in [6, 6.07) is 0. The maximum atomic E-state index is 12.3. The first-order valence-electron chi connectivity index (χ1n) is 8.99. The Morgan fingerprint density at radius 1 is 1.30 bits per heavy atom. The molecule has 0 aliphatic carbocycles. The number of nitrogens with zero attached hydrogens (tertiary/aromatic N) is 2. The Hall–Kier alpha value is -1.56. The van der Waals surface area contributed by atoms with E-state index in [2.05, 4.69) is 10.3 Å². The van der Waals surface area contributed by atoms with Crippen molar-refractivity contribution in [1.82, 2.24) is 9.55 Å². The van der Waals surface area contributed by atoms with Gasteiger partial charge in [0.15, 0.2) is 0 Å². The summed E-state index contributed by atoms with van der Waals surface area (Å²) in [6.45, 7) is 4.56. The van der Waals surface area contributed by atoms with Crippen molar-refractivity contribution >= 4 is 5.82 Å². The minimum atomic E-state index is -0.805. The van der Waals surface area contributed by atoms with Gasteiger partial charge in [-0.2, -0.15) is 4.98 Å². The monoisotopic (exact) mass is 387 g/mol. The topological polar surface area (TPSA) is 124 Å². The number of aryl methyl sites for hydroxylation is 1. The van der Waals surface area contributed by atoms with Crippen molar-refractivity contribution in [2.45, 2.75) is 31.8 Å². The number of rotatable bonds is 12. The summed E-state index contributed by atoms with van der Waals surface area (Å²) >= 11 is 0. The van der Waals surface area contributed by atoms with E-state index in [9.17, 15) is 9.90 Å². The first kappa shape index (κ1) is 21.7. The zero-order valence-electron chi connectivity index (χ0n) is 15.8. The van der Waals surface area contributed by atoms with E-state index >= 15 is 0 Å². The minimum absolute atomic E-state index is 0.235. The van der Waals surface area contributed by atoms with E-state index in [0.29, 0.717) is 45.4 Å². The fourth-order valence-corrected chi connectivity index (χ4v) is 2.71. The molecular weight excluding hydrogens is 358 g/mol. The van der Waals surface area contributed by atoms with Gasteiger partial charge in [-0.3, -0.25) is 4.57 Å². The Bertz CT molecular complexity index is 625. The molecule has 3 N–H and O–H groups in total. The van der Waals surface area contributed by atoms with Crippen LogP contribution >= 0.6 is 0 Å². The predicted molar refractivity (Wildman–Crippen MR) is 96.9 cm³/mol. The molecule has 0 amide bonds. The van der Waals surface area contributed by atoms with Crippen LogP contribution in [0.15, 0.2) is 11.0 Å². The lowest BCUT2D eigenvalue weighted by Crippen LogP contribution is -2.29. The first-order chi connectivity index (χ1) is 13.1. The maximum Gasteiger partial charge on any atom is 0.351 e. The molecule has 1 fully saturated rings. The minimum Gasteiger partial charge on any atom is -0.394 e. The summed E-state index contributed by atoms with van der Waals surface area (Å²) in [4.78, 5) is 16.3. The number of aliphatic hydroxyl groups excluding tert-OH is 2. The number of hydrogen-bond acceptors (Lipinski definition) is 9. The number of anilines is 1. The second kappa shape index (κ2) is 11.3. The third-order valence-corrected chi connectivity index (χ3v) is 4.17. The summed E-state index contributed by atoms with van der Waals surface area (Å²) < 4.78 is 22.4. The van der Waals surface area contributed by atoms with Crippen LogP contribution in [-0.2, 0) is 18.9 Å². The molecule has 0 aromatic carbocycles. The summed E-state index contributed by atoms with van der Waals surface area (Å²) in [5.74, 6) is 0.480. The highest BCUT2D eigenvalue weighted by molar-refractivity contribution is 5.41. The van der Waals surface area contributed by atoms with Crippen molar-refractivity contribution in [3.63, 3.8) is 0 Å². The van der Waals surface area contributed by atoms with E-state index in [0.717, 1.165) is 5.56 Å². The molecule has 0 bridgehead atoms. The average molecular weight is 387 g/mol. The molecule has 2 rings (SSSR count). The molecule has 27 heavy (non-hydrogen) atoms. The number of ether oxygens (including phenoxy) is 4. The molecule has 10 nitrogen and oxygen atoms in total. The third kappa shape index (κ3) is 6.52. The van der Waals surface area contributed by atoms with Crippen molar-refractivity contribution in [3.8, 4) is 0 Å². The molecular formula is C17H29N3O7. The van der Waals surface area contributed by atoms with E-state index < -0.39 is 24.1 Å². The van der Waals surface area contributed by atoms with Gasteiger partial charge in [-0.05, 0) is 6.92 Å². The van der Waals surface area contributed by atoms with Crippen LogP contribution in [0.25, 0.3) is 0 Å². The molecule has 3 atom stereocenters. The van der Waals surface area contributed by atoms with Gasteiger partial charge in [-0.1, -0.05) is 0 Å². The van der Waals surface area contributed by atoms with Crippen molar-refractivity contribution in [3.05, 3.63) is 22.2 Å². The molecule has 2 heterocycles. The summed E-state index contributed by atoms with van der Waals surface area (Å²) in [5, 5.41) is 22.1. The van der Waals surface area contributed by atoms with Gasteiger partial charge in [0.25, 0.3) is 0 Å². The van der Waals surface area contributed by atoms with Crippen LogP contribution in [0.5, 0.6) is 0 Å². The number of aliphatic hydroxyl groups is 2. The highest BCUT2D eigenvalue weighted by atomic mass is 16.5. The zero-order valence-corrected chi connectivity index (χ0v) is 15.8. The largest absolute Gasteiger partial charge is 0.394 e. The van der Waals surface area contributed by atoms with Crippen molar-refractivity contribution < 1.29 is 29.2 Å². The van der Waals surface area contributed by atoms with Crippen LogP contribution in [0, 0.1) is 6.92 Å². The van der Waals surface area contributed by atoms with Gasteiger partial charge in [0.05, 0.1) is 45.7 Å². The Labute approximate surface area is 158 Å². The van der Waals surface area contributed by atoms with Gasteiger partial charge in [0.2, 0.25) is 0 Å². The lowest BCUT2D eigenvalue weighted by atomic mass is 10.2. The van der Waals surface area contributed by atoms with Crippen LogP contribution < -0.4 is 11.0 Å². The van der Waals surface area contributed by atoms with Crippen LogP contribution in [0.2, 0.25) is 0 Å². The fraction of sp³-hybridized carbons (Fsp3) is 0.765. The van der Waals surface area contributed by atoms with Crippen LogP contribution in [-0.4, -0.2) is 85.3 Å². The second-order valence-electron chi connectivity index (χ2n) is 6.22. The SMILES string of the molecule is COCCOCCOCCNc1nc(=O)n([C@H]2C[C@H](O)[C@@H](CO)O2)cc1C. The molecule has 0 radical (unpaired) electrons. The molecule has 1 aromatic rings. The molecule has 0 spiro atoms. The van der Waals surface area contributed by atoms with Gasteiger partial charge < -0.3 is 34.5 Å². The van der Waals surface area contributed by atoms with Crippen molar-refractivity contribution in [1.29, 1.82) is 0 Å². The number of methoxy groups -OCH3 is 1. The molecule has 154 valence electrons. The van der Waals surface area contributed by atoms with Gasteiger partial charge in [-0.15, -0.1) is 0 Å². The summed E-state index contributed by atoms with van der Waals surface area (Å²) in [5.41, 5.74) is 0.286. The zero-order chi connectivity index (χ0) is 19.6. The average Bonchev–Trinajstić information content (AvgIpc) is 3.03. The van der Waals surface area contributed by atoms with E-state index in [1.165, 1.54) is 4.57 Å². The molecule has 1 aliphatic heterocycles. The van der Waals surface area contributed by atoms with Gasteiger partial charge >= 0.3 is 5.69 Å². The second-order valence-corrected chi connectivity index (χ2v) is 6.22. The maximum absolute atomic E-state index is 12.3. The predicted octanol–water partition coefficient (Wildman–Crippen LogP) is -0.716. The van der Waals surface area contributed by atoms with Gasteiger partial charge in [0.1, 0.15) is 18.1 Å². The van der Waals surface area contributed by atoms with Crippen LogP contribution in [0.1, 0.15) is 18.2 Å². The fourth-order valence-electron chi connectivity index (χ4n) is 2.71. The number of aromatic nitrogens is 2. The molecule has 0 saturated carbocycles. The van der Waals surface area contributed by atoms with E-state index in [1.807, 2.05) is 6.92 Å². The normalized spacial score (nSPS) is 22.3. The van der Waals surface area contributed by atoms with E-state index in [1.54, 1.807) is 13.3 Å². The lowest BCUT2D eigenvalue weighted by molar-refractivity contribution is -0.0459. The standard InChI is InChI=1S/C17H29N3O7/c1-12-10-20(15-9-13(22)14(11-21)27-15)17(23)19-16(12)18-3-4-25-7-8-26-6-5-24-2/h10,13-15,21-22H,3-9,11H2,1-2H3,(H,18,19,23)/t13-,14+,15+/m0/s1. The summed E-state index contributed by atoms with van der Waals surface area (Å²) in [7, 11) is 1.62. The Balaban J connectivity index is 1.77. The lowest BCUT2D eigenvalue weighted by Gasteiger charge is -2.16. The van der Waals surface area contributed by atoms with E-state index in [4.69, 9.17) is 24.1 Å². The van der Waals surface area contributed by atoms with Crippen LogP contribution in [0.4, 0.5) is 5.82 Å². The molecule has 10 heteroatoms. The van der Waals surface area contributed by atoms with Gasteiger partial charge in [0, 0.05) is 31.8 Å². The molecule has 1 aromatic heterocycles. The summed E-state index contributed by atoms with van der Waals surface area (Å²) in [6.07, 6.45) is -0.249. The Morgan fingerprint density at radius 3 is 2.67 bits per heavy atom.